The fourth-order valence-electron chi connectivity index (χ4n) is 2.21. The van der Waals surface area contributed by atoms with Crippen molar-refractivity contribution in [3.8, 4) is 0 Å². The van der Waals surface area contributed by atoms with E-state index in [9.17, 15) is 13.2 Å². The average molecular weight is 367 g/mol. The van der Waals surface area contributed by atoms with E-state index < -0.39 is 16.1 Å². The van der Waals surface area contributed by atoms with Crippen LogP contribution < -0.4 is 10.0 Å². The fraction of sp³-hybridized carbons (Fsp3) is 0.353. The number of nitrogens with one attached hydrogen (secondary N) is 2. The molecule has 0 fully saturated rings. The first-order chi connectivity index (χ1) is 11.2. The molecule has 5 nitrogen and oxygen atoms in total. The summed E-state index contributed by atoms with van der Waals surface area (Å²) in [6.45, 7) is 7.46. The number of hydrogen-bond acceptors (Lipinski definition) is 4. The quantitative estimate of drug-likeness (QED) is 0.823. The van der Waals surface area contributed by atoms with E-state index in [2.05, 4.69) is 10.0 Å². The predicted octanol–water partition coefficient (Wildman–Crippen LogP) is 3.31. The second kappa shape index (κ2) is 7.46. The Labute approximate surface area is 147 Å². The topological polar surface area (TPSA) is 75.3 Å². The van der Waals surface area contributed by atoms with Crippen LogP contribution in [-0.4, -0.2) is 20.4 Å². The molecule has 2 rings (SSSR count). The molecule has 1 aromatic heterocycles. The van der Waals surface area contributed by atoms with Crippen molar-refractivity contribution in [1.29, 1.82) is 0 Å². The van der Waals surface area contributed by atoms with E-state index in [0.29, 0.717) is 5.69 Å². The summed E-state index contributed by atoms with van der Waals surface area (Å²) in [5.74, 6) is -0.552. The molecule has 0 bridgehead atoms. The maximum atomic E-state index is 12.6. The first-order valence-electron chi connectivity index (χ1n) is 7.64. The summed E-state index contributed by atoms with van der Waals surface area (Å²) in [5.41, 5.74) is 2.65. The van der Waals surface area contributed by atoms with Crippen molar-refractivity contribution in [2.75, 3.05) is 5.32 Å². The molecule has 1 atom stereocenters. The van der Waals surface area contributed by atoms with Gasteiger partial charge in [-0.2, -0.15) is 4.72 Å². The van der Waals surface area contributed by atoms with Gasteiger partial charge in [0.15, 0.2) is 0 Å². The van der Waals surface area contributed by atoms with Crippen molar-refractivity contribution >= 4 is 33.0 Å². The van der Waals surface area contributed by atoms with Crippen LogP contribution in [0.2, 0.25) is 0 Å². The Kier molecular flexibility index (Phi) is 5.79. The van der Waals surface area contributed by atoms with Gasteiger partial charge in [0.1, 0.15) is 10.3 Å². The smallest absolute Gasteiger partial charge is 0.250 e. The number of anilines is 1. The molecule has 0 saturated heterocycles. The zero-order valence-electron chi connectivity index (χ0n) is 14.2. The van der Waals surface area contributed by atoms with Gasteiger partial charge in [0.2, 0.25) is 5.91 Å². The summed E-state index contributed by atoms with van der Waals surface area (Å²) >= 11 is 1.12. The second-order valence-corrected chi connectivity index (χ2v) is 8.97. The van der Waals surface area contributed by atoms with Gasteiger partial charge in [-0.05, 0) is 48.4 Å². The van der Waals surface area contributed by atoms with Gasteiger partial charge in [-0.25, -0.2) is 8.42 Å². The van der Waals surface area contributed by atoms with Gasteiger partial charge in [-0.3, -0.25) is 4.79 Å². The van der Waals surface area contributed by atoms with Gasteiger partial charge in [0.05, 0.1) is 0 Å². The summed E-state index contributed by atoms with van der Waals surface area (Å²) in [5, 5.41) is 4.53. The number of carbonyl (C=O) groups is 1. The highest BCUT2D eigenvalue weighted by atomic mass is 32.2. The van der Waals surface area contributed by atoms with Gasteiger partial charge in [0.25, 0.3) is 10.0 Å². The van der Waals surface area contributed by atoms with E-state index in [0.717, 1.165) is 22.5 Å². The highest BCUT2D eigenvalue weighted by Gasteiger charge is 2.29. The van der Waals surface area contributed by atoms with Crippen molar-refractivity contribution in [2.45, 2.75) is 37.9 Å². The molecule has 1 unspecified atom stereocenters. The Balaban J connectivity index is 2.21. The van der Waals surface area contributed by atoms with Gasteiger partial charge >= 0.3 is 0 Å². The Morgan fingerprint density at radius 1 is 1.17 bits per heavy atom. The standard InChI is InChI=1S/C17H22N2O3S2/c1-11(2)16(19-24(21,22)15-6-5-9-23-15)17(20)18-14-10-12(3)7-8-13(14)4/h5-11,16,19H,1-4H3,(H,18,20). The van der Waals surface area contributed by atoms with E-state index in [4.69, 9.17) is 0 Å². The van der Waals surface area contributed by atoms with Gasteiger partial charge in [0, 0.05) is 5.69 Å². The molecule has 1 aromatic carbocycles. The molecule has 24 heavy (non-hydrogen) atoms. The first-order valence-corrected chi connectivity index (χ1v) is 10.0. The zero-order chi connectivity index (χ0) is 17.9. The Hall–Kier alpha value is -1.70. The van der Waals surface area contributed by atoms with Crippen LogP contribution >= 0.6 is 11.3 Å². The van der Waals surface area contributed by atoms with Crippen LogP contribution in [0, 0.1) is 19.8 Å². The van der Waals surface area contributed by atoms with Gasteiger partial charge in [-0.15, -0.1) is 11.3 Å². The summed E-state index contributed by atoms with van der Waals surface area (Å²) in [6.07, 6.45) is 0. The summed E-state index contributed by atoms with van der Waals surface area (Å²) in [4.78, 5) is 12.6. The van der Waals surface area contributed by atoms with E-state index in [1.165, 1.54) is 6.07 Å². The minimum Gasteiger partial charge on any atom is -0.324 e. The van der Waals surface area contributed by atoms with E-state index in [-0.39, 0.29) is 16.0 Å². The SMILES string of the molecule is Cc1ccc(C)c(NC(=O)C(NS(=O)(=O)c2cccs2)C(C)C)c1. The molecule has 1 heterocycles. The number of aryl methyl sites for hydroxylation is 2. The number of thiophene rings is 1. The summed E-state index contributed by atoms with van der Waals surface area (Å²) in [7, 11) is -3.71. The van der Waals surface area contributed by atoms with Crippen molar-refractivity contribution in [1.82, 2.24) is 4.72 Å². The highest BCUT2D eigenvalue weighted by molar-refractivity contribution is 7.91. The van der Waals surface area contributed by atoms with Crippen LogP contribution in [0.1, 0.15) is 25.0 Å². The lowest BCUT2D eigenvalue weighted by Crippen LogP contribution is -2.46. The maximum Gasteiger partial charge on any atom is 0.250 e. The van der Waals surface area contributed by atoms with Gasteiger partial charge < -0.3 is 5.32 Å². The first kappa shape index (κ1) is 18.6. The number of sulfonamides is 1. The lowest BCUT2D eigenvalue weighted by molar-refractivity contribution is -0.118. The molecule has 0 aliphatic carbocycles. The predicted molar refractivity (Wildman–Crippen MR) is 97.8 cm³/mol. The zero-order valence-corrected chi connectivity index (χ0v) is 15.8. The molecule has 0 aliphatic rings. The van der Waals surface area contributed by atoms with Crippen molar-refractivity contribution < 1.29 is 13.2 Å². The minimum absolute atomic E-state index is 0.190. The molecule has 2 aromatic rings. The Bertz CT molecular complexity index is 812. The fourth-order valence-corrected chi connectivity index (χ4v) is 4.57. The highest BCUT2D eigenvalue weighted by Crippen LogP contribution is 2.20. The largest absolute Gasteiger partial charge is 0.324 e. The number of amides is 1. The monoisotopic (exact) mass is 366 g/mol. The molecule has 130 valence electrons. The summed E-state index contributed by atoms with van der Waals surface area (Å²) < 4.78 is 27.5. The lowest BCUT2D eigenvalue weighted by Gasteiger charge is -2.22. The average Bonchev–Trinajstić information content (AvgIpc) is 3.03. The normalized spacial score (nSPS) is 13.0. The van der Waals surface area contributed by atoms with Crippen LogP contribution in [0.4, 0.5) is 5.69 Å². The molecule has 7 heteroatoms. The Morgan fingerprint density at radius 3 is 2.46 bits per heavy atom. The summed E-state index contributed by atoms with van der Waals surface area (Å²) in [6, 6.07) is 8.10. The van der Waals surface area contributed by atoms with Crippen LogP contribution in [0.25, 0.3) is 0 Å². The Morgan fingerprint density at radius 2 is 1.88 bits per heavy atom. The van der Waals surface area contributed by atoms with E-state index >= 15 is 0 Å². The number of hydrogen-bond donors (Lipinski definition) is 2. The van der Waals surface area contributed by atoms with Crippen LogP contribution in [0.3, 0.4) is 0 Å². The number of rotatable bonds is 6. The molecule has 2 N–H and O–H groups in total. The molecule has 1 amide bonds. The van der Waals surface area contributed by atoms with Crippen molar-refractivity contribution in [3.63, 3.8) is 0 Å². The lowest BCUT2D eigenvalue weighted by atomic mass is 10.0. The molecule has 0 aliphatic heterocycles. The second-order valence-electron chi connectivity index (χ2n) is 6.08. The minimum atomic E-state index is -3.71. The number of carbonyl (C=O) groups excluding carboxylic acids is 1. The van der Waals surface area contributed by atoms with Crippen LogP contribution in [0.5, 0.6) is 0 Å². The third-order valence-corrected chi connectivity index (χ3v) is 6.48. The molecule has 0 saturated carbocycles. The van der Waals surface area contributed by atoms with E-state index in [1.54, 1.807) is 11.4 Å². The molecule has 0 spiro atoms. The van der Waals surface area contributed by atoms with Crippen LogP contribution in [-0.2, 0) is 14.8 Å². The molecular weight excluding hydrogens is 344 g/mol. The van der Waals surface area contributed by atoms with E-state index in [1.807, 2.05) is 45.9 Å². The van der Waals surface area contributed by atoms with Crippen LogP contribution in [0.15, 0.2) is 39.9 Å². The van der Waals surface area contributed by atoms with Crippen molar-refractivity contribution in [3.05, 3.63) is 46.8 Å². The number of benzene rings is 1. The van der Waals surface area contributed by atoms with Crippen molar-refractivity contribution in [2.24, 2.45) is 5.92 Å². The third kappa shape index (κ3) is 4.43. The van der Waals surface area contributed by atoms with Gasteiger partial charge in [-0.1, -0.05) is 32.0 Å². The molecular formula is C17H22N2O3S2. The maximum absolute atomic E-state index is 12.6. The third-order valence-electron chi connectivity index (χ3n) is 3.64. The molecule has 0 radical (unpaired) electrons.